The third-order valence-electron chi connectivity index (χ3n) is 5.39. The number of thioether (sulfide) groups is 1. The van der Waals surface area contributed by atoms with Crippen LogP contribution in [0.3, 0.4) is 0 Å². The van der Waals surface area contributed by atoms with Gasteiger partial charge >= 0.3 is 0 Å². The molecule has 1 saturated heterocycles. The van der Waals surface area contributed by atoms with Crippen LogP contribution in [-0.2, 0) is 17.3 Å². The third kappa shape index (κ3) is 4.77. The Morgan fingerprint density at radius 3 is 2.29 bits per heavy atom. The van der Waals surface area contributed by atoms with Gasteiger partial charge in [0.1, 0.15) is 0 Å². The van der Waals surface area contributed by atoms with E-state index in [9.17, 15) is 4.79 Å². The third-order valence-corrected chi connectivity index (χ3v) is 6.40. The smallest absolute Gasteiger partial charge is 0.233 e. The monoisotopic (exact) mass is 400 g/mol. The van der Waals surface area contributed by atoms with Crippen molar-refractivity contribution < 1.29 is 4.79 Å². The van der Waals surface area contributed by atoms with Crippen LogP contribution in [0, 0.1) is 11.8 Å². The zero-order valence-corrected chi connectivity index (χ0v) is 18.7. The number of benzene rings is 1. The lowest BCUT2D eigenvalue weighted by molar-refractivity contribution is -0.130. The van der Waals surface area contributed by atoms with Gasteiger partial charge in [0.15, 0.2) is 11.0 Å². The molecular formula is C22H32N4OS. The molecule has 6 heteroatoms. The van der Waals surface area contributed by atoms with Gasteiger partial charge in [0.25, 0.3) is 0 Å². The minimum atomic E-state index is 0.128. The number of hydrogen-bond donors (Lipinski definition) is 0. The van der Waals surface area contributed by atoms with Gasteiger partial charge in [-0.05, 0) is 29.2 Å². The predicted octanol–water partition coefficient (Wildman–Crippen LogP) is 4.38. The average Bonchev–Trinajstić information content (AvgIpc) is 2.99. The normalized spacial score (nSPS) is 20.4. The van der Waals surface area contributed by atoms with Crippen LogP contribution in [0.1, 0.15) is 46.6 Å². The molecule has 1 aromatic carbocycles. The second kappa shape index (κ2) is 8.27. The second-order valence-electron chi connectivity index (χ2n) is 9.23. The van der Waals surface area contributed by atoms with Crippen LogP contribution in [-0.4, -0.2) is 44.4 Å². The molecule has 28 heavy (non-hydrogen) atoms. The van der Waals surface area contributed by atoms with E-state index in [0.717, 1.165) is 29.6 Å². The van der Waals surface area contributed by atoms with Crippen molar-refractivity contribution >= 4 is 17.7 Å². The summed E-state index contributed by atoms with van der Waals surface area (Å²) in [5, 5.41) is 9.45. The highest BCUT2D eigenvalue weighted by Crippen LogP contribution is 2.27. The summed E-state index contributed by atoms with van der Waals surface area (Å²) in [6.45, 7) is 12.8. The van der Waals surface area contributed by atoms with Crippen molar-refractivity contribution in [3.63, 3.8) is 0 Å². The molecule has 2 atom stereocenters. The summed E-state index contributed by atoms with van der Waals surface area (Å²) >= 11 is 1.47. The van der Waals surface area contributed by atoms with Crippen LogP contribution < -0.4 is 0 Å². The summed E-state index contributed by atoms with van der Waals surface area (Å²) < 4.78 is 1.98. The first kappa shape index (κ1) is 20.9. The van der Waals surface area contributed by atoms with E-state index in [1.165, 1.54) is 23.7 Å². The summed E-state index contributed by atoms with van der Waals surface area (Å²) in [7, 11) is 1.96. The number of carbonyl (C=O) groups excluding carboxylic acids is 1. The van der Waals surface area contributed by atoms with Gasteiger partial charge < -0.3 is 9.47 Å². The summed E-state index contributed by atoms with van der Waals surface area (Å²) in [5.74, 6) is 2.59. The Balaban J connectivity index is 1.65. The lowest BCUT2D eigenvalue weighted by Gasteiger charge is -2.34. The lowest BCUT2D eigenvalue weighted by atomic mass is 9.87. The van der Waals surface area contributed by atoms with Crippen LogP contribution in [0.25, 0.3) is 11.4 Å². The Bertz CT molecular complexity index is 812. The highest BCUT2D eigenvalue weighted by Gasteiger charge is 2.25. The molecular weight excluding hydrogens is 368 g/mol. The van der Waals surface area contributed by atoms with Gasteiger partial charge in [-0.25, -0.2) is 0 Å². The molecule has 0 unspecified atom stereocenters. The summed E-state index contributed by atoms with van der Waals surface area (Å²) in [6.07, 6.45) is 1.21. The maximum atomic E-state index is 12.6. The lowest BCUT2D eigenvalue weighted by Crippen LogP contribution is -2.43. The molecule has 1 aromatic heterocycles. The largest absolute Gasteiger partial charge is 0.341 e. The van der Waals surface area contributed by atoms with E-state index >= 15 is 0 Å². The highest BCUT2D eigenvalue weighted by molar-refractivity contribution is 7.99. The number of nitrogens with zero attached hydrogens (tertiary/aromatic N) is 4. The molecule has 2 aromatic rings. The number of likely N-dealkylation sites (tertiary alicyclic amines) is 1. The van der Waals surface area contributed by atoms with E-state index < -0.39 is 0 Å². The Labute approximate surface area is 172 Å². The van der Waals surface area contributed by atoms with Gasteiger partial charge in [-0.1, -0.05) is 70.6 Å². The Morgan fingerprint density at radius 2 is 1.71 bits per heavy atom. The van der Waals surface area contributed by atoms with Crippen molar-refractivity contribution in [3.8, 4) is 11.4 Å². The quantitative estimate of drug-likeness (QED) is 0.715. The van der Waals surface area contributed by atoms with Gasteiger partial charge in [-0.2, -0.15) is 0 Å². The molecule has 1 amide bonds. The summed E-state index contributed by atoms with van der Waals surface area (Å²) in [6, 6.07) is 8.50. The van der Waals surface area contributed by atoms with Gasteiger partial charge in [0.2, 0.25) is 5.91 Å². The topological polar surface area (TPSA) is 51.0 Å². The molecule has 152 valence electrons. The van der Waals surface area contributed by atoms with Crippen molar-refractivity contribution in [3.05, 3.63) is 29.8 Å². The van der Waals surface area contributed by atoms with E-state index in [1.54, 1.807) is 0 Å². The number of hydrogen-bond acceptors (Lipinski definition) is 4. The number of piperidine rings is 1. The van der Waals surface area contributed by atoms with Crippen molar-refractivity contribution in [2.75, 3.05) is 18.8 Å². The van der Waals surface area contributed by atoms with Crippen molar-refractivity contribution in [2.45, 2.75) is 51.6 Å². The molecule has 0 N–H and O–H groups in total. The number of aromatic nitrogens is 3. The van der Waals surface area contributed by atoms with E-state index in [0.29, 0.717) is 17.6 Å². The molecule has 3 rings (SSSR count). The van der Waals surface area contributed by atoms with Crippen LogP contribution in [0.2, 0.25) is 0 Å². The fourth-order valence-corrected chi connectivity index (χ4v) is 4.71. The maximum absolute atomic E-state index is 12.6. The molecule has 0 radical (unpaired) electrons. The molecule has 0 spiro atoms. The minimum Gasteiger partial charge on any atom is -0.341 e. The Morgan fingerprint density at radius 1 is 1.11 bits per heavy atom. The van der Waals surface area contributed by atoms with Gasteiger partial charge in [0.05, 0.1) is 5.75 Å². The van der Waals surface area contributed by atoms with Crippen molar-refractivity contribution in [1.82, 2.24) is 19.7 Å². The zero-order valence-electron chi connectivity index (χ0n) is 17.9. The Hall–Kier alpha value is -1.82. The molecule has 2 heterocycles. The molecule has 5 nitrogen and oxygen atoms in total. The van der Waals surface area contributed by atoms with Crippen LogP contribution in [0.4, 0.5) is 0 Å². The summed E-state index contributed by atoms with van der Waals surface area (Å²) in [5.41, 5.74) is 2.46. The van der Waals surface area contributed by atoms with Crippen LogP contribution in [0.15, 0.2) is 29.4 Å². The number of rotatable bonds is 4. The zero-order chi connectivity index (χ0) is 20.5. The van der Waals surface area contributed by atoms with Gasteiger partial charge in [-0.3, -0.25) is 4.79 Å². The second-order valence-corrected chi connectivity index (χ2v) is 10.2. The summed E-state index contributed by atoms with van der Waals surface area (Å²) in [4.78, 5) is 14.6. The molecule has 0 saturated carbocycles. The average molecular weight is 401 g/mol. The first-order valence-corrected chi connectivity index (χ1v) is 11.0. The van der Waals surface area contributed by atoms with Crippen LogP contribution >= 0.6 is 11.8 Å². The molecule has 0 bridgehead atoms. The fourth-order valence-electron chi connectivity index (χ4n) is 3.90. The van der Waals surface area contributed by atoms with Gasteiger partial charge in [-0.15, -0.1) is 10.2 Å². The molecule has 1 aliphatic heterocycles. The standard InChI is InChI=1S/C22H32N4OS/c1-15-11-16(2)13-26(12-15)19(27)14-28-21-24-23-20(25(21)6)17-7-9-18(10-8-17)22(3,4)5/h7-10,15-16H,11-14H2,1-6H3/t15-,16+. The van der Waals surface area contributed by atoms with E-state index in [1.807, 2.05) is 16.5 Å². The van der Waals surface area contributed by atoms with Gasteiger partial charge in [0, 0.05) is 25.7 Å². The van der Waals surface area contributed by atoms with E-state index in [4.69, 9.17) is 0 Å². The fraction of sp³-hybridized carbons (Fsp3) is 0.591. The van der Waals surface area contributed by atoms with Crippen molar-refractivity contribution in [2.24, 2.45) is 18.9 Å². The van der Waals surface area contributed by atoms with Crippen molar-refractivity contribution in [1.29, 1.82) is 0 Å². The molecule has 1 fully saturated rings. The van der Waals surface area contributed by atoms with Crippen LogP contribution in [0.5, 0.6) is 0 Å². The number of carbonyl (C=O) groups is 1. The molecule has 0 aliphatic carbocycles. The highest BCUT2D eigenvalue weighted by atomic mass is 32.2. The predicted molar refractivity (Wildman–Crippen MR) is 115 cm³/mol. The van der Waals surface area contributed by atoms with E-state index in [-0.39, 0.29) is 11.3 Å². The number of amides is 1. The molecule has 1 aliphatic rings. The van der Waals surface area contributed by atoms with E-state index in [2.05, 4.69) is 69.1 Å². The SMILES string of the molecule is C[C@@H]1C[C@H](C)CN(C(=O)CSc2nnc(-c3ccc(C(C)(C)C)cc3)n2C)C1. The first-order chi connectivity index (χ1) is 13.1. The maximum Gasteiger partial charge on any atom is 0.233 e. The minimum absolute atomic E-state index is 0.128. The Kier molecular flexibility index (Phi) is 6.18. The first-order valence-electron chi connectivity index (χ1n) is 10.1.